The second-order valence-electron chi connectivity index (χ2n) is 8.12. The van der Waals surface area contributed by atoms with Crippen molar-refractivity contribution in [2.45, 2.75) is 63.7 Å². The number of nitrogens with zero attached hydrogens (tertiary/aromatic N) is 3. The molecule has 0 saturated heterocycles. The van der Waals surface area contributed by atoms with Crippen LogP contribution in [0, 0.1) is 0 Å². The summed E-state index contributed by atoms with van der Waals surface area (Å²) in [7, 11) is 0. The van der Waals surface area contributed by atoms with Gasteiger partial charge in [0.15, 0.2) is 5.16 Å². The number of carbonyl (C=O) groups is 1. The van der Waals surface area contributed by atoms with Crippen LogP contribution < -0.4 is 5.32 Å². The fraction of sp³-hybridized carbons (Fsp3) is 0.400. The van der Waals surface area contributed by atoms with E-state index < -0.39 is 0 Å². The predicted molar refractivity (Wildman–Crippen MR) is 125 cm³/mol. The van der Waals surface area contributed by atoms with Crippen molar-refractivity contribution in [1.29, 1.82) is 0 Å². The summed E-state index contributed by atoms with van der Waals surface area (Å²) in [5, 5.41) is 12.6. The fourth-order valence-corrected chi connectivity index (χ4v) is 5.00. The van der Waals surface area contributed by atoms with Crippen molar-refractivity contribution >= 4 is 17.7 Å². The van der Waals surface area contributed by atoms with Gasteiger partial charge in [0, 0.05) is 13.0 Å². The number of fused-ring (bicyclic) bond motifs is 1. The molecule has 1 atom stereocenters. The van der Waals surface area contributed by atoms with Gasteiger partial charge in [-0.15, -0.1) is 10.2 Å². The largest absolute Gasteiger partial charge is 0.349 e. The third-order valence-corrected chi connectivity index (χ3v) is 6.86. The number of hydrogen-bond donors (Lipinski definition) is 1. The molecule has 6 heteroatoms. The molecule has 1 aliphatic rings. The fourth-order valence-electron chi connectivity index (χ4n) is 4.17. The van der Waals surface area contributed by atoms with Crippen LogP contribution in [0.25, 0.3) is 0 Å². The number of carbonyl (C=O) groups excluding carboxylic acids is 1. The molecular weight excluding hydrogens is 404 g/mol. The Balaban J connectivity index is 1.34. The summed E-state index contributed by atoms with van der Waals surface area (Å²) < 4.78 is 2.10. The lowest BCUT2D eigenvalue weighted by Gasteiger charge is -2.20. The second kappa shape index (κ2) is 10.1. The summed E-state index contributed by atoms with van der Waals surface area (Å²) >= 11 is 1.45. The quantitative estimate of drug-likeness (QED) is 0.521. The third kappa shape index (κ3) is 5.37. The van der Waals surface area contributed by atoms with Gasteiger partial charge in [-0.2, -0.15) is 0 Å². The average Bonchev–Trinajstić information content (AvgIpc) is 3.19. The lowest BCUT2D eigenvalue weighted by atomic mass is 9.89. The topological polar surface area (TPSA) is 59.8 Å². The molecule has 1 amide bonds. The predicted octanol–water partition coefficient (Wildman–Crippen LogP) is 4.74. The number of hydrogen-bond acceptors (Lipinski definition) is 4. The first-order valence-electron chi connectivity index (χ1n) is 11.1. The molecule has 0 spiro atoms. The van der Waals surface area contributed by atoms with E-state index in [0.717, 1.165) is 30.4 Å². The molecule has 1 N–H and O–H groups in total. The first kappa shape index (κ1) is 21.6. The van der Waals surface area contributed by atoms with Crippen molar-refractivity contribution in [2.75, 3.05) is 5.75 Å². The molecule has 0 fully saturated rings. The Bertz CT molecular complexity index is 1030. The molecule has 0 radical (unpaired) electrons. The molecule has 0 bridgehead atoms. The van der Waals surface area contributed by atoms with Crippen LogP contribution in [0.3, 0.4) is 0 Å². The van der Waals surface area contributed by atoms with E-state index >= 15 is 0 Å². The molecule has 1 unspecified atom stereocenters. The Hall–Kier alpha value is -2.60. The van der Waals surface area contributed by atoms with Gasteiger partial charge in [-0.3, -0.25) is 4.79 Å². The molecule has 0 aliphatic heterocycles. The molecule has 4 rings (SSSR count). The highest BCUT2D eigenvalue weighted by atomic mass is 32.2. The second-order valence-corrected chi connectivity index (χ2v) is 9.06. The standard InChI is InChI=1S/C25H30N4OS/c1-3-29-23(15-19-9-5-4-6-10-19)27-28-25(29)31-17-24(30)26-18(2)21-14-13-20-11-7-8-12-22(20)16-21/h4-6,9-10,13-14,16,18H,3,7-8,11-12,15,17H2,1-2H3,(H,26,30). The van der Waals surface area contributed by atoms with Gasteiger partial charge in [0.05, 0.1) is 11.8 Å². The van der Waals surface area contributed by atoms with E-state index in [1.807, 2.05) is 18.2 Å². The van der Waals surface area contributed by atoms with Gasteiger partial charge in [-0.05, 0) is 61.8 Å². The van der Waals surface area contributed by atoms with Gasteiger partial charge >= 0.3 is 0 Å². The third-order valence-electron chi connectivity index (χ3n) is 5.90. The smallest absolute Gasteiger partial charge is 0.230 e. The van der Waals surface area contributed by atoms with Crippen molar-refractivity contribution in [2.24, 2.45) is 0 Å². The highest BCUT2D eigenvalue weighted by Crippen LogP contribution is 2.25. The summed E-state index contributed by atoms with van der Waals surface area (Å²) in [6, 6.07) is 16.9. The number of thioether (sulfide) groups is 1. The minimum atomic E-state index is -0.00184. The van der Waals surface area contributed by atoms with Crippen molar-refractivity contribution in [3.63, 3.8) is 0 Å². The number of nitrogens with one attached hydrogen (secondary N) is 1. The Morgan fingerprint density at radius 1 is 1.10 bits per heavy atom. The normalized spacial score (nSPS) is 14.1. The molecule has 1 aliphatic carbocycles. The van der Waals surface area contributed by atoms with E-state index in [1.165, 1.54) is 53.3 Å². The number of amides is 1. The zero-order valence-electron chi connectivity index (χ0n) is 18.3. The molecule has 1 heterocycles. The number of rotatable bonds is 8. The van der Waals surface area contributed by atoms with E-state index in [-0.39, 0.29) is 11.9 Å². The van der Waals surface area contributed by atoms with Crippen molar-refractivity contribution in [3.8, 4) is 0 Å². The molecule has 5 nitrogen and oxygen atoms in total. The molecule has 2 aromatic carbocycles. The Kier molecular flexibility index (Phi) is 7.07. The van der Waals surface area contributed by atoms with Crippen LogP contribution in [0.5, 0.6) is 0 Å². The average molecular weight is 435 g/mol. The lowest BCUT2D eigenvalue weighted by Crippen LogP contribution is -2.28. The van der Waals surface area contributed by atoms with Crippen LogP contribution in [0.15, 0.2) is 53.7 Å². The monoisotopic (exact) mass is 434 g/mol. The minimum Gasteiger partial charge on any atom is -0.349 e. The van der Waals surface area contributed by atoms with Crippen LogP contribution in [-0.4, -0.2) is 26.4 Å². The van der Waals surface area contributed by atoms with Crippen LogP contribution in [0.1, 0.15) is 60.8 Å². The molecular formula is C25H30N4OS. The highest BCUT2D eigenvalue weighted by molar-refractivity contribution is 7.99. The van der Waals surface area contributed by atoms with Crippen LogP contribution >= 0.6 is 11.8 Å². The first-order chi connectivity index (χ1) is 15.1. The number of aryl methyl sites for hydroxylation is 2. The maximum atomic E-state index is 12.6. The van der Waals surface area contributed by atoms with E-state index in [4.69, 9.17) is 0 Å². The van der Waals surface area contributed by atoms with Gasteiger partial charge in [0.1, 0.15) is 5.82 Å². The molecule has 31 heavy (non-hydrogen) atoms. The van der Waals surface area contributed by atoms with Crippen molar-refractivity contribution in [3.05, 3.63) is 76.6 Å². The minimum absolute atomic E-state index is 0.00184. The molecule has 162 valence electrons. The Morgan fingerprint density at radius 2 is 1.87 bits per heavy atom. The van der Waals surface area contributed by atoms with Crippen LogP contribution in [0.4, 0.5) is 0 Å². The van der Waals surface area contributed by atoms with Gasteiger partial charge in [-0.1, -0.05) is 60.3 Å². The Morgan fingerprint density at radius 3 is 2.65 bits per heavy atom. The number of benzene rings is 2. The van der Waals surface area contributed by atoms with Gasteiger partial charge in [-0.25, -0.2) is 0 Å². The van der Waals surface area contributed by atoms with Gasteiger partial charge in [0.25, 0.3) is 0 Å². The van der Waals surface area contributed by atoms with E-state index in [2.05, 4.69) is 64.3 Å². The van der Waals surface area contributed by atoms with E-state index in [9.17, 15) is 4.79 Å². The van der Waals surface area contributed by atoms with Crippen molar-refractivity contribution in [1.82, 2.24) is 20.1 Å². The maximum Gasteiger partial charge on any atom is 0.230 e. The molecule has 3 aromatic rings. The molecule has 1 aromatic heterocycles. The van der Waals surface area contributed by atoms with E-state index in [1.54, 1.807) is 0 Å². The highest BCUT2D eigenvalue weighted by Gasteiger charge is 2.16. The maximum absolute atomic E-state index is 12.6. The number of aromatic nitrogens is 3. The summed E-state index contributed by atoms with van der Waals surface area (Å²) in [6.45, 7) is 4.92. The summed E-state index contributed by atoms with van der Waals surface area (Å²) in [5.74, 6) is 1.28. The summed E-state index contributed by atoms with van der Waals surface area (Å²) in [6.07, 6.45) is 5.61. The van der Waals surface area contributed by atoms with Gasteiger partial charge in [0.2, 0.25) is 5.91 Å². The van der Waals surface area contributed by atoms with Gasteiger partial charge < -0.3 is 9.88 Å². The zero-order valence-corrected chi connectivity index (χ0v) is 19.1. The molecule has 0 saturated carbocycles. The van der Waals surface area contributed by atoms with Crippen LogP contribution in [-0.2, 0) is 30.6 Å². The van der Waals surface area contributed by atoms with Crippen LogP contribution in [0.2, 0.25) is 0 Å². The van der Waals surface area contributed by atoms with Crippen molar-refractivity contribution < 1.29 is 4.79 Å². The summed E-state index contributed by atoms with van der Waals surface area (Å²) in [5.41, 5.74) is 5.30. The van der Waals surface area contributed by atoms with E-state index in [0.29, 0.717) is 5.75 Å². The first-order valence-corrected chi connectivity index (χ1v) is 12.1. The lowest BCUT2D eigenvalue weighted by molar-refractivity contribution is -0.119. The Labute approximate surface area is 188 Å². The zero-order chi connectivity index (χ0) is 21.6. The summed E-state index contributed by atoms with van der Waals surface area (Å²) in [4.78, 5) is 12.6. The SMILES string of the molecule is CCn1c(Cc2ccccc2)nnc1SCC(=O)NC(C)c1ccc2c(c1)CCCC2.